The SMILES string of the molecule is CCOc1ccc(CCNC(=O)c2cc3cc4ccc(OC)cc4nc3s2)cc1OCC. The van der Waals surface area contributed by atoms with E-state index in [0.717, 1.165) is 43.9 Å². The molecule has 1 amide bonds. The average molecular weight is 451 g/mol. The van der Waals surface area contributed by atoms with Crippen molar-refractivity contribution >= 4 is 38.4 Å². The second-order valence-electron chi connectivity index (χ2n) is 7.21. The van der Waals surface area contributed by atoms with Crippen LogP contribution in [0.25, 0.3) is 21.1 Å². The molecule has 0 aliphatic heterocycles. The van der Waals surface area contributed by atoms with Crippen LogP contribution < -0.4 is 19.5 Å². The molecule has 2 aromatic carbocycles. The standard InChI is InChI=1S/C25H26N2O4S/c1-4-30-21-9-6-16(12-22(21)31-5-2)10-11-26-24(28)23-14-18-13-17-7-8-19(29-3)15-20(17)27-25(18)32-23/h6-9,12-15H,4-5,10-11H2,1-3H3,(H,26,28). The van der Waals surface area contributed by atoms with E-state index in [-0.39, 0.29) is 5.91 Å². The number of carbonyl (C=O) groups excluding carboxylic acids is 1. The molecule has 0 radical (unpaired) electrons. The van der Waals surface area contributed by atoms with Gasteiger partial charge in [0.1, 0.15) is 10.6 Å². The fraction of sp³-hybridized carbons (Fsp3) is 0.280. The zero-order valence-electron chi connectivity index (χ0n) is 18.4. The van der Waals surface area contributed by atoms with E-state index in [1.54, 1.807) is 7.11 Å². The highest BCUT2D eigenvalue weighted by molar-refractivity contribution is 7.20. The lowest BCUT2D eigenvalue weighted by molar-refractivity contribution is 0.0958. The largest absolute Gasteiger partial charge is 0.497 e. The van der Waals surface area contributed by atoms with Crippen molar-refractivity contribution in [3.8, 4) is 17.2 Å². The quantitative estimate of drug-likeness (QED) is 0.378. The van der Waals surface area contributed by atoms with Crippen LogP contribution in [-0.2, 0) is 6.42 Å². The first kappa shape index (κ1) is 21.9. The van der Waals surface area contributed by atoms with E-state index in [1.165, 1.54) is 11.3 Å². The van der Waals surface area contributed by atoms with Crippen LogP contribution >= 0.6 is 11.3 Å². The van der Waals surface area contributed by atoms with Gasteiger partial charge in [0.05, 0.1) is 30.7 Å². The Morgan fingerprint density at radius 1 is 0.969 bits per heavy atom. The summed E-state index contributed by atoms with van der Waals surface area (Å²) in [6.07, 6.45) is 0.699. The molecule has 2 heterocycles. The number of methoxy groups -OCH3 is 1. The Morgan fingerprint density at radius 2 is 1.78 bits per heavy atom. The summed E-state index contributed by atoms with van der Waals surface area (Å²) in [7, 11) is 1.64. The van der Waals surface area contributed by atoms with Gasteiger partial charge in [-0.3, -0.25) is 4.79 Å². The number of hydrogen-bond acceptors (Lipinski definition) is 6. The predicted molar refractivity (Wildman–Crippen MR) is 128 cm³/mol. The van der Waals surface area contributed by atoms with Gasteiger partial charge in [-0.05, 0) is 62.2 Å². The summed E-state index contributed by atoms with van der Waals surface area (Å²) in [4.78, 5) is 18.9. The molecule has 32 heavy (non-hydrogen) atoms. The molecule has 0 aliphatic rings. The summed E-state index contributed by atoms with van der Waals surface area (Å²) < 4.78 is 16.6. The number of amides is 1. The van der Waals surface area contributed by atoms with E-state index in [9.17, 15) is 4.79 Å². The maximum absolute atomic E-state index is 12.7. The number of carbonyl (C=O) groups is 1. The Kier molecular flexibility index (Phi) is 6.75. The molecule has 0 unspecified atom stereocenters. The van der Waals surface area contributed by atoms with Crippen molar-refractivity contribution in [1.82, 2.24) is 10.3 Å². The normalized spacial score (nSPS) is 11.0. The molecule has 0 aliphatic carbocycles. The number of nitrogens with one attached hydrogen (secondary N) is 1. The molecule has 1 N–H and O–H groups in total. The molecule has 0 fully saturated rings. The fourth-order valence-electron chi connectivity index (χ4n) is 3.50. The van der Waals surface area contributed by atoms with E-state index < -0.39 is 0 Å². The Bertz CT molecular complexity index is 1250. The van der Waals surface area contributed by atoms with Crippen molar-refractivity contribution in [1.29, 1.82) is 0 Å². The van der Waals surface area contributed by atoms with Gasteiger partial charge in [0.15, 0.2) is 11.5 Å². The molecule has 4 rings (SSSR count). The van der Waals surface area contributed by atoms with E-state index in [0.29, 0.717) is 31.1 Å². The Balaban J connectivity index is 1.43. The molecular formula is C25H26N2O4S. The number of benzene rings is 2. The maximum Gasteiger partial charge on any atom is 0.261 e. The number of pyridine rings is 1. The van der Waals surface area contributed by atoms with Crippen molar-refractivity contribution in [3.63, 3.8) is 0 Å². The van der Waals surface area contributed by atoms with Gasteiger partial charge in [-0.1, -0.05) is 6.07 Å². The topological polar surface area (TPSA) is 69.7 Å². The first-order valence-electron chi connectivity index (χ1n) is 10.7. The molecule has 0 spiro atoms. The highest BCUT2D eigenvalue weighted by Crippen LogP contribution is 2.30. The molecule has 166 valence electrons. The van der Waals surface area contributed by atoms with Crippen LogP contribution in [0.3, 0.4) is 0 Å². The second-order valence-corrected chi connectivity index (χ2v) is 8.24. The molecule has 4 aromatic rings. The van der Waals surface area contributed by atoms with Crippen molar-refractivity contribution in [3.05, 3.63) is 59.0 Å². The monoisotopic (exact) mass is 450 g/mol. The van der Waals surface area contributed by atoms with Crippen LogP contribution in [0.4, 0.5) is 0 Å². The van der Waals surface area contributed by atoms with Crippen LogP contribution in [-0.4, -0.2) is 37.8 Å². The van der Waals surface area contributed by atoms with Crippen molar-refractivity contribution in [2.75, 3.05) is 26.9 Å². The van der Waals surface area contributed by atoms with Crippen molar-refractivity contribution in [2.24, 2.45) is 0 Å². The molecule has 2 aromatic heterocycles. The minimum absolute atomic E-state index is 0.0920. The number of hydrogen-bond donors (Lipinski definition) is 1. The van der Waals surface area contributed by atoms with Gasteiger partial charge in [0, 0.05) is 23.4 Å². The van der Waals surface area contributed by atoms with E-state index in [4.69, 9.17) is 19.2 Å². The average Bonchev–Trinajstić information content (AvgIpc) is 3.22. The van der Waals surface area contributed by atoms with Crippen LogP contribution in [0.2, 0.25) is 0 Å². The Labute approximate surface area is 191 Å². The van der Waals surface area contributed by atoms with E-state index in [1.807, 2.05) is 56.3 Å². The lowest BCUT2D eigenvalue weighted by Gasteiger charge is -2.12. The number of aromatic nitrogens is 1. The second kappa shape index (κ2) is 9.87. The highest BCUT2D eigenvalue weighted by atomic mass is 32.1. The van der Waals surface area contributed by atoms with Gasteiger partial charge in [0.25, 0.3) is 5.91 Å². The molecule has 0 saturated carbocycles. The van der Waals surface area contributed by atoms with Crippen molar-refractivity contribution < 1.29 is 19.0 Å². The van der Waals surface area contributed by atoms with Crippen LogP contribution in [0.15, 0.2) is 48.5 Å². The zero-order valence-corrected chi connectivity index (χ0v) is 19.3. The zero-order chi connectivity index (χ0) is 22.5. The number of thiophene rings is 1. The highest BCUT2D eigenvalue weighted by Gasteiger charge is 2.13. The minimum atomic E-state index is -0.0920. The van der Waals surface area contributed by atoms with Gasteiger partial charge in [-0.2, -0.15) is 0 Å². The lowest BCUT2D eigenvalue weighted by Crippen LogP contribution is -2.24. The van der Waals surface area contributed by atoms with Gasteiger partial charge >= 0.3 is 0 Å². The lowest BCUT2D eigenvalue weighted by atomic mass is 10.1. The predicted octanol–water partition coefficient (Wildman–Crippen LogP) is 5.23. The first-order valence-corrected chi connectivity index (χ1v) is 11.5. The summed E-state index contributed by atoms with van der Waals surface area (Å²) in [6.45, 7) is 5.58. The summed E-state index contributed by atoms with van der Waals surface area (Å²) in [5.74, 6) is 2.15. The van der Waals surface area contributed by atoms with Crippen LogP contribution in [0.1, 0.15) is 29.1 Å². The summed E-state index contributed by atoms with van der Waals surface area (Å²) in [5, 5.41) is 4.99. The number of fused-ring (bicyclic) bond motifs is 2. The van der Waals surface area contributed by atoms with Crippen LogP contribution in [0.5, 0.6) is 17.2 Å². The summed E-state index contributed by atoms with van der Waals surface area (Å²) in [6, 6.07) is 15.6. The molecule has 0 bridgehead atoms. The molecular weight excluding hydrogens is 424 g/mol. The third-order valence-corrected chi connectivity index (χ3v) is 6.09. The Hall–Kier alpha value is -3.32. The van der Waals surface area contributed by atoms with Gasteiger partial charge in [-0.15, -0.1) is 11.3 Å². The van der Waals surface area contributed by atoms with Gasteiger partial charge in [0.2, 0.25) is 0 Å². The fourth-order valence-corrected chi connectivity index (χ4v) is 4.44. The summed E-state index contributed by atoms with van der Waals surface area (Å²) in [5.41, 5.74) is 1.93. The number of nitrogens with zero attached hydrogens (tertiary/aromatic N) is 1. The maximum atomic E-state index is 12.7. The minimum Gasteiger partial charge on any atom is -0.497 e. The van der Waals surface area contributed by atoms with Crippen LogP contribution in [0, 0.1) is 0 Å². The van der Waals surface area contributed by atoms with Crippen molar-refractivity contribution in [2.45, 2.75) is 20.3 Å². The number of rotatable bonds is 9. The van der Waals surface area contributed by atoms with Gasteiger partial charge < -0.3 is 19.5 Å². The first-order chi connectivity index (χ1) is 15.6. The molecule has 0 saturated heterocycles. The third kappa shape index (κ3) is 4.78. The molecule has 6 nitrogen and oxygen atoms in total. The number of ether oxygens (including phenoxy) is 3. The smallest absolute Gasteiger partial charge is 0.261 e. The third-order valence-electron chi connectivity index (χ3n) is 5.04. The Morgan fingerprint density at radius 3 is 2.56 bits per heavy atom. The van der Waals surface area contributed by atoms with Gasteiger partial charge in [-0.25, -0.2) is 4.98 Å². The molecule has 7 heteroatoms. The molecule has 0 atom stereocenters. The summed E-state index contributed by atoms with van der Waals surface area (Å²) >= 11 is 1.40. The van der Waals surface area contributed by atoms with E-state index >= 15 is 0 Å². The van der Waals surface area contributed by atoms with E-state index in [2.05, 4.69) is 11.4 Å².